The molecule has 1 unspecified atom stereocenters. The minimum Gasteiger partial charge on any atom is -0.444 e. The van der Waals surface area contributed by atoms with E-state index in [0.717, 1.165) is 32.5 Å². The molecule has 2 aliphatic rings. The molecule has 2 aliphatic heterocycles. The number of likely N-dealkylation sites (tertiary alicyclic amines) is 1. The Bertz CT molecular complexity index is 333. The van der Waals surface area contributed by atoms with Crippen LogP contribution in [0.2, 0.25) is 0 Å². The highest BCUT2D eigenvalue weighted by molar-refractivity contribution is 5.68. The second kappa shape index (κ2) is 6.31. The number of aliphatic hydroxyl groups is 1. The van der Waals surface area contributed by atoms with E-state index >= 15 is 0 Å². The average molecular weight is 285 g/mol. The lowest BCUT2D eigenvalue weighted by Crippen LogP contribution is -2.38. The van der Waals surface area contributed by atoms with Gasteiger partial charge in [0, 0.05) is 32.2 Å². The van der Waals surface area contributed by atoms with E-state index in [1.807, 2.05) is 20.8 Å². The summed E-state index contributed by atoms with van der Waals surface area (Å²) in [6.45, 7) is 8.38. The number of hydrogen-bond acceptors (Lipinski definition) is 4. The molecule has 1 amide bonds. The fraction of sp³-hybridized carbons (Fsp3) is 0.933. The Morgan fingerprint density at radius 2 is 1.90 bits per heavy atom. The second-order valence-corrected chi connectivity index (χ2v) is 6.92. The third kappa shape index (κ3) is 4.09. The number of aliphatic hydroxyl groups excluding tert-OH is 1. The van der Waals surface area contributed by atoms with Crippen LogP contribution in [-0.4, -0.2) is 54.1 Å². The number of rotatable bonds is 2. The number of nitrogens with zero attached hydrogens (tertiary/aromatic N) is 1. The lowest BCUT2D eigenvalue weighted by molar-refractivity contribution is -0.0166. The average Bonchev–Trinajstić information content (AvgIpc) is 2.86. The van der Waals surface area contributed by atoms with Gasteiger partial charge in [-0.25, -0.2) is 4.79 Å². The third-order valence-corrected chi connectivity index (χ3v) is 4.11. The SMILES string of the molecule is CC(C)(C)OC(=O)N1CCC([C@@H](O)C2CCOCC2)C1. The molecule has 116 valence electrons. The molecule has 2 saturated heterocycles. The van der Waals surface area contributed by atoms with Crippen molar-refractivity contribution in [2.75, 3.05) is 26.3 Å². The van der Waals surface area contributed by atoms with Crippen LogP contribution in [0.5, 0.6) is 0 Å². The first-order chi connectivity index (χ1) is 9.37. The molecule has 0 radical (unpaired) electrons. The van der Waals surface area contributed by atoms with Gasteiger partial charge in [-0.2, -0.15) is 0 Å². The largest absolute Gasteiger partial charge is 0.444 e. The molecule has 2 atom stereocenters. The Labute approximate surface area is 121 Å². The molecule has 5 nitrogen and oxygen atoms in total. The van der Waals surface area contributed by atoms with Crippen LogP contribution in [0.3, 0.4) is 0 Å². The number of hydrogen-bond donors (Lipinski definition) is 1. The van der Waals surface area contributed by atoms with Crippen molar-refractivity contribution >= 4 is 6.09 Å². The van der Waals surface area contributed by atoms with Crippen LogP contribution in [0.25, 0.3) is 0 Å². The smallest absolute Gasteiger partial charge is 0.410 e. The second-order valence-electron chi connectivity index (χ2n) is 6.92. The van der Waals surface area contributed by atoms with Crippen molar-refractivity contribution in [2.45, 2.75) is 51.7 Å². The van der Waals surface area contributed by atoms with Crippen LogP contribution in [0, 0.1) is 11.8 Å². The summed E-state index contributed by atoms with van der Waals surface area (Å²) in [7, 11) is 0. The highest BCUT2D eigenvalue weighted by Gasteiger charge is 2.36. The first kappa shape index (κ1) is 15.6. The summed E-state index contributed by atoms with van der Waals surface area (Å²) in [5.41, 5.74) is -0.464. The maximum absolute atomic E-state index is 12.0. The molecule has 0 spiro atoms. The van der Waals surface area contributed by atoms with Crippen molar-refractivity contribution in [1.82, 2.24) is 4.90 Å². The van der Waals surface area contributed by atoms with Crippen LogP contribution >= 0.6 is 0 Å². The van der Waals surface area contributed by atoms with Crippen LogP contribution in [-0.2, 0) is 9.47 Å². The fourth-order valence-corrected chi connectivity index (χ4v) is 3.00. The van der Waals surface area contributed by atoms with Gasteiger partial charge in [-0.05, 0) is 46.0 Å². The first-order valence-corrected chi connectivity index (χ1v) is 7.60. The van der Waals surface area contributed by atoms with Crippen LogP contribution in [0.4, 0.5) is 4.79 Å². The van der Waals surface area contributed by atoms with Crippen LogP contribution in [0.15, 0.2) is 0 Å². The van der Waals surface area contributed by atoms with E-state index in [1.54, 1.807) is 4.90 Å². The lowest BCUT2D eigenvalue weighted by atomic mass is 9.85. The van der Waals surface area contributed by atoms with Crippen molar-refractivity contribution in [3.05, 3.63) is 0 Å². The number of carbonyl (C=O) groups excluding carboxylic acids is 1. The predicted molar refractivity (Wildman–Crippen MR) is 75.5 cm³/mol. The number of amides is 1. The summed E-state index contributed by atoms with van der Waals surface area (Å²) < 4.78 is 10.7. The molecule has 0 aromatic carbocycles. The molecule has 0 aliphatic carbocycles. The minimum absolute atomic E-state index is 0.172. The quantitative estimate of drug-likeness (QED) is 0.843. The molecule has 2 heterocycles. The number of ether oxygens (including phenoxy) is 2. The molecule has 1 N–H and O–H groups in total. The summed E-state index contributed by atoms with van der Waals surface area (Å²) in [6, 6.07) is 0. The zero-order valence-electron chi connectivity index (χ0n) is 12.8. The molecule has 5 heteroatoms. The van der Waals surface area contributed by atoms with Gasteiger partial charge in [0.15, 0.2) is 0 Å². The summed E-state index contributed by atoms with van der Waals surface area (Å²) in [5, 5.41) is 10.5. The van der Waals surface area contributed by atoms with Gasteiger partial charge in [0.2, 0.25) is 0 Å². The predicted octanol–water partition coefficient (Wildman–Crippen LogP) is 2.03. The van der Waals surface area contributed by atoms with Crippen molar-refractivity contribution in [3.8, 4) is 0 Å². The Kier molecular flexibility index (Phi) is 4.91. The molecule has 20 heavy (non-hydrogen) atoms. The maximum atomic E-state index is 12.0. The van der Waals surface area contributed by atoms with Crippen molar-refractivity contribution in [3.63, 3.8) is 0 Å². The molecular formula is C15H27NO4. The Morgan fingerprint density at radius 3 is 2.50 bits per heavy atom. The van der Waals surface area contributed by atoms with Crippen LogP contribution in [0.1, 0.15) is 40.0 Å². The van der Waals surface area contributed by atoms with E-state index in [-0.39, 0.29) is 18.1 Å². The molecular weight excluding hydrogens is 258 g/mol. The summed E-state index contributed by atoms with van der Waals surface area (Å²) in [5.74, 6) is 0.484. The van der Waals surface area contributed by atoms with Crippen molar-refractivity contribution < 1.29 is 19.4 Å². The standard InChI is InChI=1S/C15H27NO4/c1-15(2,3)20-14(18)16-7-4-12(10-16)13(17)11-5-8-19-9-6-11/h11-13,17H,4-10H2,1-3H3/t12?,13-/m0/s1. The zero-order valence-corrected chi connectivity index (χ0v) is 12.8. The van der Waals surface area contributed by atoms with Crippen molar-refractivity contribution in [1.29, 1.82) is 0 Å². The minimum atomic E-state index is -0.464. The molecule has 0 bridgehead atoms. The lowest BCUT2D eigenvalue weighted by Gasteiger charge is -2.30. The highest BCUT2D eigenvalue weighted by atomic mass is 16.6. The maximum Gasteiger partial charge on any atom is 0.410 e. The highest BCUT2D eigenvalue weighted by Crippen LogP contribution is 2.30. The summed E-state index contributed by atoms with van der Waals surface area (Å²) >= 11 is 0. The van der Waals surface area contributed by atoms with Crippen LogP contribution < -0.4 is 0 Å². The van der Waals surface area contributed by atoms with Gasteiger partial charge in [0.05, 0.1) is 6.10 Å². The summed E-state index contributed by atoms with van der Waals surface area (Å²) in [6.07, 6.45) is 2.11. The molecule has 0 aromatic heterocycles. The molecule has 0 saturated carbocycles. The van der Waals surface area contributed by atoms with E-state index < -0.39 is 5.60 Å². The van der Waals surface area contributed by atoms with E-state index in [4.69, 9.17) is 9.47 Å². The van der Waals surface area contributed by atoms with E-state index in [2.05, 4.69) is 0 Å². The van der Waals surface area contributed by atoms with E-state index in [0.29, 0.717) is 19.0 Å². The van der Waals surface area contributed by atoms with Gasteiger partial charge in [0.25, 0.3) is 0 Å². The van der Waals surface area contributed by atoms with Gasteiger partial charge in [-0.1, -0.05) is 0 Å². The monoisotopic (exact) mass is 285 g/mol. The Hall–Kier alpha value is -0.810. The Balaban J connectivity index is 1.83. The van der Waals surface area contributed by atoms with E-state index in [9.17, 15) is 9.90 Å². The third-order valence-electron chi connectivity index (χ3n) is 4.11. The van der Waals surface area contributed by atoms with Gasteiger partial charge >= 0.3 is 6.09 Å². The van der Waals surface area contributed by atoms with Crippen molar-refractivity contribution in [2.24, 2.45) is 11.8 Å². The zero-order chi connectivity index (χ0) is 14.8. The Morgan fingerprint density at radius 1 is 1.25 bits per heavy atom. The van der Waals surface area contributed by atoms with Gasteiger partial charge in [-0.15, -0.1) is 0 Å². The first-order valence-electron chi connectivity index (χ1n) is 7.60. The van der Waals surface area contributed by atoms with Gasteiger partial charge in [0.1, 0.15) is 5.60 Å². The van der Waals surface area contributed by atoms with E-state index in [1.165, 1.54) is 0 Å². The fourth-order valence-electron chi connectivity index (χ4n) is 3.00. The van der Waals surface area contributed by atoms with Gasteiger partial charge < -0.3 is 19.5 Å². The molecule has 2 rings (SSSR count). The van der Waals surface area contributed by atoms with Gasteiger partial charge in [-0.3, -0.25) is 0 Å². The molecule has 0 aromatic rings. The molecule has 2 fully saturated rings. The number of carbonyl (C=O) groups is 1. The summed E-state index contributed by atoms with van der Waals surface area (Å²) in [4.78, 5) is 13.7. The topological polar surface area (TPSA) is 59.0 Å². The normalized spacial score (nSPS) is 26.6.